The van der Waals surface area contributed by atoms with E-state index < -0.39 is 0 Å². The van der Waals surface area contributed by atoms with E-state index in [1.807, 2.05) is 67.7 Å². The summed E-state index contributed by atoms with van der Waals surface area (Å²) in [6.45, 7) is 2.43. The van der Waals surface area contributed by atoms with Gasteiger partial charge in [0, 0.05) is 17.1 Å². The highest BCUT2D eigenvalue weighted by atomic mass is 35.5. The van der Waals surface area contributed by atoms with Crippen LogP contribution < -0.4 is 5.69 Å². The van der Waals surface area contributed by atoms with E-state index >= 15 is 0 Å². The summed E-state index contributed by atoms with van der Waals surface area (Å²) in [5.74, 6) is 0. The first kappa shape index (κ1) is 17.6. The van der Waals surface area contributed by atoms with E-state index in [0.29, 0.717) is 17.2 Å². The largest absolute Gasteiger partial charge is 0.326 e. The Morgan fingerprint density at radius 2 is 1.93 bits per heavy atom. The number of fused-ring (bicyclic) bond motifs is 3. The molecule has 6 heteroatoms. The van der Waals surface area contributed by atoms with Crippen LogP contribution >= 0.6 is 11.6 Å². The fraction of sp³-hybridized carbons (Fsp3) is 0.0870. The first-order valence-electron chi connectivity index (χ1n) is 9.29. The van der Waals surface area contributed by atoms with Gasteiger partial charge in [0.15, 0.2) is 5.15 Å². The van der Waals surface area contributed by atoms with Gasteiger partial charge in [-0.2, -0.15) is 0 Å². The fourth-order valence-corrected chi connectivity index (χ4v) is 3.86. The molecule has 2 aromatic carbocycles. The first-order chi connectivity index (χ1) is 14.1. The second-order valence-corrected chi connectivity index (χ2v) is 7.44. The molecule has 0 aliphatic rings. The van der Waals surface area contributed by atoms with E-state index in [4.69, 9.17) is 11.6 Å². The van der Waals surface area contributed by atoms with Gasteiger partial charge in [-0.1, -0.05) is 54.1 Å². The summed E-state index contributed by atoms with van der Waals surface area (Å²) >= 11 is 6.34. The number of halogens is 1. The zero-order valence-electron chi connectivity index (χ0n) is 15.7. The maximum atomic E-state index is 12.7. The van der Waals surface area contributed by atoms with Gasteiger partial charge in [-0.15, -0.1) is 0 Å². The van der Waals surface area contributed by atoms with Crippen LogP contribution in [-0.2, 0) is 6.54 Å². The van der Waals surface area contributed by atoms with Crippen molar-refractivity contribution in [3.05, 3.63) is 93.6 Å². The van der Waals surface area contributed by atoms with Crippen LogP contribution in [0, 0.1) is 6.92 Å². The summed E-state index contributed by atoms with van der Waals surface area (Å²) in [6.07, 6.45) is 1.85. The second-order valence-electron chi connectivity index (χ2n) is 7.08. The number of H-pyrrole nitrogens is 1. The van der Waals surface area contributed by atoms with Crippen LogP contribution in [0.5, 0.6) is 0 Å². The highest BCUT2D eigenvalue weighted by molar-refractivity contribution is 6.35. The van der Waals surface area contributed by atoms with Crippen molar-refractivity contribution in [1.82, 2.24) is 19.5 Å². The van der Waals surface area contributed by atoms with Crippen molar-refractivity contribution in [3.63, 3.8) is 0 Å². The van der Waals surface area contributed by atoms with E-state index in [1.54, 1.807) is 4.57 Å². The quantitative estimate of drug-likeness (QED) is 0.436. The number of nitrogens with zero attached hydrogens (tertiary/aromatic N) is 3. The van der Waals surface area contributed by atoms with E-state index in [-0.39, 0.29) is 5.69 Å². The monoisotopic (exact) mass is 400 g/mol. The zero-order chi connectivity index (χ0) is 20.0. The number of hydrogen-bond donors (Lipinski definition) is 1. The summed E-state index contributed by atoms with van der Waals surface area (Å²) in [7, 11) is 0. The Kier molecular flexibility index (Phi) is 4.18. The minimum Gasteiger partial charge on any atom is -0.303 e. The fourth-order valence-electron chi connectivity index (χ4n) is 3.63. The lowest BCUT2D eigenvalue weighted by molar-refractivity contribution is 0.789. The number of imidazole rings is 1. The van der Waals surface area contributed by atoms with Crippen LogP contribution in [0.15, 0.2) is 71.7 Å². The van der Waals surface area contributed by atoms with Crippen LogP contribution in [0.4, 0.5) is 0 Å². The van der Waals surface area contributed by atoms with Crippen molar-refractivity contribution in [2.45, 2.75) is 13.5 Å². The predicted molar refractivity (Wildman–Crippen MR) is 116 cm³/mol. The lowest BCUT2D eigenvalue weighted by Gasteiger charge is -2.09. The van der Waals surface area contributed by atoms with E-state index in [1.165, 1.54) is 0 Å². The maximum absolute atomic E-state index is 12.7. The number of pyridine rings is 2. The smallest absolute Gasteiger partial charge is 0.303 e. The van der Waals surface area contributed by atoms with Crippen molar-refractivity contribution in [3.8, 4) is 11.3 Å². The number of nitrogens with one attached hydrogen (secondary N) is 1. The van der Waals surface area contributed by atoms with Gasteiger partial charge in [-0.25, -0.2) is 9.78 Å². The molecule has 0 bridgehead atoms. The summed E-state index contributed by atoms with van der Waals surface area (Å²) in [5.41, 5.74) is 5.92. The molecule has 0 spiro atoms. The second kappa shape index (κ2) is 6.87. The molecule has 5 rings (SSSR count). The Balaban J connectivity index is 1.64. The van der Waals surface area contributed by atoms with Gasteiger partial charge in [0.1, 0.15) is 5.52 Å². The Bertz CT molecular complexity index is 1420. The van der Waals surface area contributed by atoms with E-state index in [9.17, 15) is 4.79 Å². The molecule has 0 saturated carbocycles. The number of aromatic nitrogens is 4. The van der Waals surface area contributed by atoms with Gasteiger partial charge in [0.25, 0.3) is 0 Å². The minimum absolute atomic E-state index is 0.209. The lowest BCUT2D eigenvalue weighted by Crippen LogP contribution is -2.17. The molecular weight excluding hydrogens is 384 g/mol. The van der Waals surface area contributed by atoms with Gasteiger partial charge in [0.2, 0.25) is 0 Å². The Morgan fingerprint density at radius 1 is 1.07 bits per heavy atom. The topological polar surface area (TPSA) is 63.6 Å². The van der Waals surface area contributed by atoms with Gasteiger partial charge in [-0.05, 0) is 36.2 Å². The van der Waals surface area contributed by atoms with Gasteiger partial charge < -0.3 is 4.98 Å². The third-order valence-electron chi connectivity index (χ3n) is 5.04. The molecular formula is C23H17ClN4O. The molecule has 142 valence electrons. The average molecular weight is 401 g/mol. The van der Waals surface area contributed by atoms with Crippen LogP contribution in [0.1, 0.15) is 11.1 Å². The standard InChI is InChI=1S/C23H17ClN4O/c1-14-9-10-18(25-12-14)16-6-4-5-15(11-16)13-28-21-17-7-2-3-8-19(17)26-22(24)20(21)27-23(28)29/h2-12H,13H2,1H3,(H,27,29). The van der Waals surface area contributed by atoms with E-state index in [2.05, 4.69) is 21.0 Å². The lowest BCUT2D eigenvalue weighted by atomic mass is 10.1. The normalized spacial score (nSPS) is 11.4. The number of aromatic amines is 1. The van der Waals surface area contributed by atoms with Crippen molar-refractivity contribution in [2.75, 3.05) is 0 Å². The van der Waals surface area contributed by atoms with Crippen molar-refractivity contribution < 1.29 is 0 Å². The van der Waals surface area contributed by atoms with E-state index in [0.717, 1.165) is 38.8 Å². The van der Waals surface area contributed by atoms with Crippen molar-refractivity contribution in [2.24, 2.45) is 0 Å². The third-order valence-corrected chi connectivity index (χ3v) is 5.32. The summed E-state index contributed by atoms with van der Waals surface area (Å²) in [4.78, 5) is 24.5. The number of aryl methyl sites for hydroxylation is 1. The number of rotatable bonds is 3. The molecule has 1 N–H and O–H groups in total. The van der Waals surface area contributed by atoms with Crippen molar-refractivity contribution >= 4 is 33.5 Å². The number of benzene rings is 2. The van der Waals surface area contributed by atoms with Crippen molar-refractivity contribution in [1.29, 1.82) is 0 Å². The molecule has 0 aliphatic carbocycles. The molecule has 0 aliphatic heterocycles. The Labute approximate surface area is 171 Å². The van der Waals surface area contributed by atoms with Gasteiger partial charge in [-0.3, -0.25) is 9.55 Å². The molecule has 5 nitrogen and oxygen atoms in total. The molecule has 0 amide bonds. The third kappa shape index (κ3) is 3.09. The molecule has 0 fully saturated rings. The van der Waals surface area contributed by atoms with Gasteiger partial charge >= 0.3 is 5.69 Å². The molecule has 0 saturated heterocycles. The summed E-state index contributed by atoms with van der Waals surface area (Å²) < 4.78 is 1.72. The molecule has 3 aromatic heterocycles. The highest BCUT2D eigenvalue weighted by Crippen LogP contribution is 2.28. The predicted octanol–water partition coefficient (Wildman–Crippen LogP) is 4.95. The molecule has 0 unspecified atom stereocenters. The Hall–Kier alpha value is -3.44. The minimum atomic E-state index is -0.209. The van der Waals surface area contributed by atoms with Crippen LogP contribution in [0.3, 0.4) is 0 Å². The number of hydrogen-bond acceptors (Lipinski definition) is 3. The number of para-hydroxylation sites is 1. The molecule has 0 atom stereocenters. The first-order valence-corrected chi connectivity index (χ1v) is 9.67. The van der Waals surface area contributed by atoms with Crippen LogP contribution in [0.25, 0.3) is 33.2 Å². The Morgan fingerprint density at radius 3 is 2.76 bits per heavy atom. The summed E-state index contributed by atoms with van der Waals surface area (Å²) in [5, 5.41) is 1.19. The highest BCUT2D eigenvalue weighted by Gasteiger charge is 2.15. The van der Waals surface area contributed by atoms with Crippen LogP contribution in [-0.4, -0.2) is 19.5 Å². The molecule has 5 aromatic rings. The summed E-state index contributed by atoms with van der Waals surface area (Å²) in [6, 6.07) is 19.8. The zero-order valence-corrected chi connectivity index (χ0v) is 16.4. The molecule has 29 heavy (non-hydrogen) atoms. The average Bonchev–Trinajstić information content (AvgIpc) is 3.06. The SMILES string of the molecule is Cc1ccc(-c2cccc(Cn3c(=O)[nH]c4c(Cl)nc5ccccc5c43)c2)nc1. The molecule has 3 heterocycles. The maximum Gasteiger partial charge on any atom is 0.326 e. The van der Waals surface area contributed by atoms with Gasteiger partial charge in [0.05, 0.1) is 23.3 Å². The molecule has 0 radical (unpaired) electrons. The van der Waals surface area contributed by atoms with Crippen LogP contribution in [0.2, 0.25) is 5.15 Å².